The molecular weight excluding hydrogens is 230 g/mol. The third-order valence-corrected chi connectivity index (χ3v) is 2.95. The normalized spacial score (nSPS) is 13.8. The molecule has 0 spiro atoms. The van der Waals surface area contributed by atoms with Crippen LogP contribution in [-0.2, 0) is 4.74 Å². The van der Waals surface area contributed by atoms with Gasteiger partial charge in [0.25, 0.3) is 0 Å². The second-order valence-corrected chi connectivity index (χ2v) is 5.70. The topological polar surface area (TPSA) is 61.7 Å². The minimum Gasteiger partial charge on any atom is -0.396 e. The first kappa shape index (κ1) is 17.8. The Morgan fingerprint density at radius 2 is 2.00 bits per heavy atom. The van der Waals surface area contributed by atoms with E-state index in [1.165, 1.54) is 0 Å². The van der Waals surface area contributed by atoms with Gasteiger partial charge in [0, 0.05) is 26.3 Å². The highest BCUT2D eigenvalue weighted by molar-refractivity contribution is 4.72. The summed E-state index contributed by atoms with van der Waals surface area (Å²) < 4.78 is 5.36. The molecule has 0 amide bonds. The molecule has 0 aromatic rings. The molecule has 18 heavy (non-hydrogen) atoms. The van der Waals surface area contributed by atoms with Crippen molar-refractivity contribution in [3.05, 3.63) is 0 Å². The van der Waals surface area contributed by atoms with E-state index in [1.54, 1.807) is 0 Å². The summed E-state index contributed by atoms with van der Waals surface area (Å²) >= 11 is 0. The van der Waals surface area contributed by atoms with Gasteiger partial charge in [-0.15, -0.1) is 0 Å². The van der Waals surface area contributed by atoms with E-state index < -0.39 is 6.10 Å². The number of aliphatic hydroxyl groups excluding tert-OH is 2. The van der Waals surface area contributed by atoms with Gasteiger partial charge in [-0.1, -0.05) is 27.2 Å². The third kappa shape index (κ3) is 11.0. The highest BCUT2D eigenvalue weighted by Crippen LogP contribution is 2.20. The molecule has 0 aromatic heterocycles. The highest BCUT2D eigenvalue weighted by atomic mass is 16.5. The maximum atomic E-state index is 9.69. The van der Waals surface area contributed by atoms with Crippen LogP contribution in [0.25, 0.3) is 0 Å². The summed E-state index contributed by atoms with van der Waals surface area (Å²) in [5.41, 5.74) is 0.158. The first-order valence-electron chi connectivity index (χ1n) is 7.09. The van der Waals surface area contributed by atoms with Crippen LogP contribution in [0.2, 0.25) is 0 Å². The van der Waals surface area contributed by atoms with Crippen molar-refractivity contribution in [1.29, 1.82) is 0 Å². The molecule has 0 bridgehead atoms. The first-order valence-corrected chi connectivity index (χ1v) is 7.09. The quantitative estimate of drug-likeness (QED) is 0.467. The van der Waals surface area contributed by atoms with Crippen molar-refractivity contribution in [3.63, 3.8) is 0 Å². The number of aliphatic hydroxyl groups is 2. The summed E-state index contributed by atoms with van der Waals surface area (Å²) in [6.45, 7) is 9.25. The van der Waals surface area contributed by atoms with Crippen molar-refractivity contribution in [2.24, 2.45) is 5.41 Å². The fourth-order valence-corrected chi connectivity index (χ4v) is 1.75. The lowest BCUT2D eigenvalue weighted by Gasteiger charge is -2.25. The second-order valence-electron chi connectivity index (χ2n) is 5.70. The number of hydrogen-bond donors (Lipinski definition) is 3. The van der Waals surface area contributed by atoms with E-state index in [4.69, 9.17) is 9.84 Å². The molecule has 4 nitrogen and oxygen atoms in total. The zero-order chi connectivity index (χ0) is 13.9. The van der Waals surface area contributed by atoms with Crippen molar-refractivity contribution in [3.8, 4) is 0 Å². The number of unbranched alkanes of at least 4 members (excludes halogenated alkanes) is 1. The van der Waals surface area contributed by atoms with Crippen molar-refractivity contribution in [2.75, 3.05) is 32.9 Å². The van der Waals surface area contributed by atoms with Gasteiger partial charge in [0.2, 0.25) is 0 Å². The molecule has 1 atom stereocenters. The lowest BCUT2D eigenvalue weighted by atomic mass is 9.88. The summed E-state index contributed by atoms with van der Waals surface area (Å²) in [6, 6.07) is 0. The monoisotopic (exact) mass is 261 g/mol. The zero-order valence-corrected chi connectivity index (χ0v) is 12.2. The molecule has 0 aliphatic rings. The Morgan fingerprint density at radius 1 is 1.28 bits per heavy atom. The molecule has 0 saturated heterocycles. The van der Waals surface area contributed by atoms with Gasteiger partial charge in [0.05, 0.1) is 12.7 Å². The van der Waals surface area contributed by atoms with E-state index >= 15 is 0 Å². The molecule has 110 valence electrons. The van der Waals surface area contributed by atoms with Gasteiger partial charge >= 0.3 is 0 Å². The molecule has 0 rings (SSSR count). The maximum Gasteiger partial charge on any atom is 0.0897 e. The van der Waals surface area contributed by atoms with Crippen molar-refractivity contribution in [1.82, 2.24) is 5.32 Å². The van der Waals surface area contributed by atoms with E-state index in [2.05, 4.69) is 26.1 Å². The van der Waals surface area contributed by atoms with Gasteiger partial charge in [-0.25, -0.2) is 0 Å². The Balaban J connectivity index is 3.51. The third-order valence-electron chi connectivity index (χ3n) is 2.95. The number of rotatable bonds is 12. The Kier molecular flexibility index (Phi) is 10.6. The van der Waals surface area contributed by atoms with Crippen LogP contribution in [0.4, 0.5) is 0 Å². The summed E-state index contributed by atoms with van der Waals surface area (Å²) in [6.07, 6.45) is 3.55. The van der Waals surface area contributed by atoms with Crippen LogP contribution >= 0.6 is 0 Å². The number of hydrogen-bond acceptors (Lipinski definition) is 4. The van der Waals surface area contributed by atoms with Crippen molar-refractivity contribution in [2.45, 2.75) is 52.6 Å². The average molecular weight is 261 g/mol. The number of nitrogens with one attached hydrogen (secondary N) is 1. The summed E-state index contributed by atoms with van der Waals surface area (Å²) in [7, 11) is 0. The Morgan fingerprint density at radius 3 is 2.61 bits per heavy atom. The van der Waals surface area contributed by atoms with Gasteiger partial charge < -0.3 is 20.3 Å². The van der Waals surface area contributed by atoms with Crippen LogP contribution in [0, 0.1) is 5.41 Å². The summed E-state index contributed by atoms with van der Waals surface area (Å²) in [4.78, 5) is 0. The number of ether oxygens (including phenoxy) is 1. The molecule has 0 radical (unpaired) electrons. The molecule has 1 unspecified atom stereocenters. The van der Waals surface area contributed by atoms with Gasteiger partial charge in [-0.2, -0.15) is 0 Å². The summed E-state index contributed by atoms with van der Waals surface area (Å²) in [5.74, 6) is 0. The van der Waals surface area contributed by atoms with Crippen LogP contribution in [-0.4, -0.2) is 49.2 Å². The van der Waals surface area contributed by atoms with Crippen molar-refractivity contribution < 1.29 is 14.9 Å². The average Bonchev–Trinajstić information content (AvgIpc) is 2.32. The van der Waals surface area contributed by atoms with Gasteiger partial charge in [0.1, 0.15) is 0 Å². The zero-order valence-electron chi connectivity index (χ0n) is 12.2. The lowest BCUT2D eigenvalue weighted by molar-refractivity contribution is 0.0347. The molecule has 0 aliphatic heterocycles. The molecule has 0 fully saturated rings. The highest BCUT2D eigenvalue weighted by Gasteiger charge is 2.17. The van der Waals surface area contributed by atoms with Crippen LogP contribution in [0.15, 0.2) is 0 Å². The Hall–Kier alpha value is -0.160. The van der Waals surface area contributed by atoms with Gasteiger partial charge in [-0.05, 0) is 24.7 Å². The summed E-state index contributed by atoms with van der Waals surface area (Å²) in [5, 5.41) is 21.8. The minimum absolute atomic E-state index is 0.158. The first-order chi connectivity index (χ1) is 8.52. The maximum absolute atomic E-state index is 9.69. The van der Waals surface area contributed by atoms with Crippen LogP contribution < -0.4 is 5.32 Å². The van der Waals surface area contributed by atoms with Crippen LogP contribution in [0.5, 0.6) is 0 Å². The molecule has 0 saturated carbocycles. The fraction of sp³-hybridized carbons (Fsp3) is 1.00. The largest absolute Gasteiger partial charge is 0.396 e. The van der Waals surface area contributed by atoms with E-state index in [-0.39, 0.29) is 12.0 Å². The molecule has 0 aliphatic carbocycles. The predicted octanol–water partition coefficient (Wildman–Crippen LogP) is 1.55. The molecule has 4 heteroatoms. The standard InChI is InChI=1S/C14H31NO3/c1-4-5-9-18-11-13(17)10-15-12-14(2,3)7-6-8-16/h13,15-17H,4-12H2,1-3H3. The lowest BCUT2D eigenvalue weighted by Crippen LogP contribution is -2.36. The Labute approximate surface area is 112 Å². The van der Waals surface area contributed by atoms with E-state index in [0.717, 1.165) is 38.8 Å². The molecule has 0 aromatic carbocycles. The van der Waals surface area contributed by atoms with E-state index in [9.17, 15) is 5.11 Å². The minimum atomic E-state index is -0.435. The molecule has 3 N–H and O–H groups in total. The van der Waals surface area contributed by atoms with E-state index in [1.807, 2.05) is 0 Å². The molecular formula is C14H31NO3. The van der Waals surface area contributed by atoms with Gasteiger partial charge in [-0.3, -0.25) is 0 Å². The van der Waals surface area contributed by atoms with Gasteiger partial charge in [0.15, 0.2) is 0 Å². The fourth-order valence-electron chi connectivity index (χ4n) is 1.75. The second kappa shape index (κ2) is 10.7. The van der Waals surface area contributed by atoms with Crippen LogP contribution in [0.1, 0.15) is 46.5 Å². The van der Waals surface area contributed by atoms with Crippen LogP contribution in [0.3, 0.4) is 0 Å². The smallest absolute Gasteiger partial charge is 0.0897 e. The SMILES string of the molecule is CCCCOCC(O)CNCC(C)(C)CCCO. The van der Waals surface area contributed by atoms with E-state index in [0.29, 0.717) is 13.2 Å². The predicted molar refractivity (Wildman–Crippen MR) is 74.7 cm³/mol. The van der Waals surface area contributed by atoms with Crippen molar-refractivity contribution >= 4 is 0 Å². The molecule has 0 heterocycles. The Bertz CT molecular complexity index is 186.